The summed E-state index contributed by atoms with van der Waals surface area (Å²) in [7, 11) is 0. The molecule has 1 aromatic heterocycles. The van der Waals surface area contributed by atoms with Gasteiger partial charge >= 0.3 is 0 Å². The lowest BCUT2D eigenvalue weighted by molar-refractivity contribution is -0.120. The van der Waals surface area contributed by atoms with Gasteiger partial charge in [-0.05, 0) is 61.9 Å². The van der Waals surface area contributed by atoms with Crippen LogP contribution in [0.3, 0.4) is 0 Å². The van der Waals surface area contributed by atoms with Gasteiger partial charge in [-0.25, -0.2) is 9.37 Å². The summed E-state index contributed by atoms with van der Waals surface area (Å²) < 4.78 is 18.6. The molecule has 0 aliphatic carbocycles. The normalized spacial score (nSPS) is 16.9. The lowest BCUT2D eigenvalue weighted by atomic mass is 10.2. The Morgan fingerprint density at radius 2 is 2.03 bits per heavy atom. The second-order valence-electron chi connectivity index (χ2n) is 6.89. The van der Waals surface area contributed by atoms with Crippen molar-refractivity contribution in [3.8, 4) is 11.5 Å². The standard InChI is InChI=1S/C21H18Cl2FN3O2/c22-14-5-8-18(17(23)10-14)26-20(28)19-2-1-9-27(19)11-16-12-29-21(25-16)13-3-6-15(24)7-4-13/h3-8,10,12,19H,1-2,9,11H2,(H,26,28)/t19-/m1/s1. The molecule has 1 saturated heterocycles. The third-order valence-corrected chi connectivity index (χ3v) is 5.41. The quantitative estimate of drug-likeness (QED) is 0.585. The Hall–Kier alpha value is -2.41. The van der Waals surface area contributed by atoms with Crippen molar-refractivity contribution >= 4 is 34.8 Å². The molecule has 0 radical (unpaired) electrons. The van der Waals surface area contributed by atoms with E-state index in [4.69, 9.17) is 27.6 Å². The predicted molar refractivity (Wildman–Crippen MR) is 110 cm³/mol. The average Bonchev–Trinajstić information content (AvgIpc) is 3.35. The van der Waals surface area contributed by atoms with Crippen LogP contribution in [0.1, 0.15) is 18.5 Å². The molecular formula is C21H18Cl2FN3O2. The molecule has 0 spiro atoms. The fraction of sp³-hybridized carbons (Fsp3) is 0.238. The molecule has 0 saturated carbocycles. The van der Waals surface area contributed by atoms with Crippen LogP contribution in [0.4, 0.5) is 10.1 Å². The Kier molecular flexibility index (Phi) is 5.85. The van der Waals surface area contributed by atoms with Crippen LogP contribution in [-0.4, -0.2) is 28.4 Å². The first-order valence-corrected chi connectivity index (χ1v) is 9.95. The second kappa shape index (κ2) is 8.53. The maximum atomic E-state index is 13.1. The number of carbonyl (C=O) groups is 1. The smallest absolute Gasteiger partial charge is 0.241 e. The van der Waals surface area contributed by atoms with Gasteiger partial charge in [-0.3, -0.25) is 9.69 Å². The molecule has 4 rings (SSSR count). The molecular weight excluding hydrogens is 416 g/mol. The Labute approximate surface area is 177 Å². The Morgan fingerprint density at radius 3 is 2.79 bits per heavy atom. The van der Waals surface area contributed by atoms with E-state index in [-0.39, 0.29) is 17.8 Å². The molecule has 3 aromatic rings. The molecule has 150 valence electrons. The van der Waals surface area contributed by atoms with Crippen LogP contribution in [0.15, 0.2) is 53.1 Å². The molecule has 1 atom stereocenters. The van der Waals surface area contributed by atoms with Gasteiger partial charge < -0.3 is 9.73 Å². The maximum absolute atomic E-state index is 13.1. The molecule has 1 aliphatic heterocycles. The largest absolute Gasteiger partial charge is 0.444 e. The van der Waals surface area contributed by atoms with E-state index in [2.05, 4.69) is 15.2 Å². The summed E-state index contributed by atoms with van der Waals surface area (Å²) in [6.07, 6.45) is 3.23. The number of benzene rings is 2. The van der Waals surface area contributed by atoms with E-state index < -0.39 is 0 Å². The zero-order valence-corrected chi connectivity index (χ0v) is 16.9. The number of nitrogens with zero attached hydrogens (tertiary/aromatic N) is 2. The maximum Gasteiger partial charge on any atom is 0.241 e. The molecule has 0 bridgehead atoms. The lowest BCUT2D eigenvalue weighted by Gasteiger charge is -2.22. The first-order valence-electron chi connectivity index (χ1n) is 9.20. The molecule has 5 nitrogen and oxygen atoms in total. The number of halogens is 3. The van der Waals surface area contributed by atoms with Gasteiger partial charge in [0.2, 0.25) is 11.8 Å². The van der Waals surface area contributed by atoms with Gasteiger partial charge in [-0.15, -0.1) is 0 Å². The fourth-order valence-corrected chi connectivity index (χ4v) is 3.89. The van der Waals surface area contributed by atoms with Crippen LogP contribution < -0.4 is 5.32 Å². The van der Waals surface area contributed by atoms with E-state index in [1.54, 1.807) is 36.6 Å². The van der Waals surface area contributed by atoms with Gasteiger partial charge in [-0.2, -0.15) is 0 Å². The fourth-order valence-electron chi connectivity index (χ4n) is 3.43. The van der Waals surface area contributed by atoms with Gasteiger partial charge in [0.25, 0.3) is 0 Å². The van der Waals surface area contributed by atoms with Gasteiger partial charge in [0, 0.05) is 17.1 Å². The van der Waals surface area contributed by atoms with Gasteiger partial charge in [0.05, 0.1) is 22.4 Å². The number of oxazole rings is 1. The number of hydrogen-bond acceptors (Lipinski definition) is 4. The minimum Gasteiger partial charge on any atom is -0.444 e. The molecule has 8 heteroatoms. The van der Waals surface area contributed by atoms with Crippen molar-refractivity contribution in [2.45, 2.75) is 25.4 Å². The third kappa shape index (κ3) is 4.61. The van der Waals surface area contributed by atoms with Gasteiger partial charge in [-0.1, -0.05) is 23.2 Å². The number of aromatic nitrogens is 1. The highest BCUT2D eigenvalue weighted by Gasteiger charge is 2.31. The topological polar surface area (TPSA) is 58.4 Å². The highest BCUT2D eigenvalue weighted by molar-refractivity contribution is 6.36. The predicted octanol–water partition coefficient (Wildman–Crippen LogP) is 5.39. The van der Waals surface area contributed by atoms with Crippen molar-refractivity contribution in [2.24, 2.45) is 0 Å². The minimum absolute atomic E-state index is 0.117. The summed E-state index contributed by atoms with van der Waals surface area (Å²) >= 11 is 12.1. The molecule has 1 N–H and O–H groups in total. The summed E-state index contributed by atoms with van der Waals surface area (Å²) in [6, 6.07) is 10.6. The van der Waals surface area contributed by atoms with E-state index in [0.717, 1.165) is 19.4 Å². The number of hydrogen-bond donors (Lipinski definition) is 1. The zero-order valence-electron chi connectivity index (χ0n) is 15.4. The molecule has 1 aliphatic rings. The highest BCUT2D eigenvalue weighted by Crippen LogP contribution is 2.28. The zero-order chi connectivity index (χ0) is 20.4. The summed E-state index contributed by atoms with van der Waals surface area (Å²) in [4.78, 5) is 19.3. The van der Waals surface area contributed by atoms with Crippen LogP contribution in [0.2, 0.25) is 10.0 Å². The molecule has 2 heterocycles. The highest BCUT2D eigenvalue weighted by atomic mass is 35.5. The first-order chi connectivity index (χ1) is 14.0. The average molecular weight is 434 g/mol. The van der Waals surface area contributed by atoms with Gasteiger partial charge in [0.1, 0.15) is 12.1 Å². The van der Waals surface area contributed by atoms with E-state index in [1.165, 1.54) is 12.1 Å². The number of nitrogens with one attached hydrogen (secondary N) is 1. The van der Waals surface area contributed by atoms with Crippen LogP contribution in [0.25, 0.3) is 11.5 Å². The minimum atomic E-state index is -0.313. The number of carbonyl (C=O) groups excluding carboxylic acids is 1. The van der Waals surface area contributed by atoms with Crippen LogP contribution in [0.5, 0.6) is 0 Å². The number of anilines is 1. The summed E-state index contributed by atoms with van der Waals surface area (Å²) in [5.41, 5.74) is 1.95. The summed E-state index contributed by atoms with van der Waals surface area (Å²) in [5, 5.41) is 3.79. The van der Waals surface area contributed by atoms with Crippen LogP contribution >= 0.6 is 23.2 Å². The number of likely N-dealkylation sites (tertiary alicyclic amines) is 1. The monoisotopic (exact) mass is 433 g/mol. The molecule has 2 aromatic carbocycles. The SMILES string of the molecule is O=C(Nc1ccc(Cl)cc1Cl)[C@H]1CCCN1Cc1coc(-c2ccc(F)cc2)n1. The van der Waals surface area contributed by atoms with E-state index >= 15 is 0 Å². The van der Waals surface area contributed by atoms with E-state index in [0.29, 0.717) is 39.4 Å². The summed E-state index contributed by atoms with van der Waals surface area (Å²) in [6.45, 7) is 1.27. The summed E-state index contributed by atoms with van der Waals surface area (Å²) in [5.74, 6) is -0.00522. The Balaban J connectivity index is 1.43. The first kappa shape index (κ1) is 19.9. The number of amides is 1. The molecule has 0 unspecified atom stereocenters. The van der Waals surface area contributed by atoms with Gasteiger partial charge in [0.15, 0.2) is 0 Å². The van der Waals surface area contributed by atoms with Crippen LogP contribution in [-0.2, 0) is 11.3 Å². The van der Waals surface area contributed by atoms with Crippen molar-refractivity contribution in [1.82, 2.24) is 9.88 Å². The second-order valence-corrected chi connectivity index (χ2v) is 7.74. The Morgan fingerprint density at radius 1 is 1.24 bits per heavy atom. The van der Waals surface area contributed by atoms with Crippen molar-refractivity contribution < 1.29 is 13.6 Å². The van der Waals surface area contributed by atoms with E-state index in [9.17, 15) is 9.18 Å². The van der Waals surface area contributed by atoms with Crippen molar-refractivity contribution in [3.05, 3.63) is 70.3 Å². The van der Waals surface area contributed by atoms with E-state index in [1.807, 2.05) is 0 Å². The molecule has 1 fully saturated rings. The Bertz CT molecular complexity index is 1020. The van der Waals surface area contributed by atoms with Crippen molar-refractivity contribution in [3.63, 3.8) is 0 Å². The van der Waals surface area contributed by atoms with Crippen molar-refractivity contribution in [2.75, 3.05) is 11.9 Å². The molecule has 29 heavy (non-hydrogen) atoms. The van der Waals surface area contributed by atoms with Crippen LogP contribution in [0, 0.1) is 5.82 Å². The third-order valence-electron chi connectivity index (χ3n) is 4.86. The molecule has 1 amide bonds. The number of rotatable bonds is 5. The lowest BCUT2D eigenvalue weighted by Crippen LogP contribution is -2.39. The van der Waals surface area contributed by atoms with Crippen molar-refractivity contribution in [1.29, 1.82) is 0 Å².